The molecule has 0 aromatic carbocycles. The zero-order valence-electron chi connectivity index (χ0n) is 24.4. The van der Waals surface area contributed by atoms with Crippen LogP contribution in [-0.2, 0) is 33.2 Å². The molecule has 0 aromatic rings. The summed E-state index contributed by atoms with van der Waals surface area (Å²) in [6.07, 6.45) is -13.3. The van der Waals surface area contributed by atoms with Gasteiger partial charge >= 0.3 is 0 Å². The van der Waals surface area contributed by atoms with Crippen LogP contribution in [0.1, 0.15) is 32.1 Å². The number of unbranched alkanes of at least 4 members (excludes halogenated alkanes) is 1. The molecule has 0 amide bonds. The van der Waals surface area contributed by atoms with Crippen LogP contribution in [0.3, 0.4) is 0 Å². The van der Waals surface area contributed by atoms with Gasteiger partial charge in [-0.1, -0.05) is 0 Å². The van der Waals surface area contributed by atoms with Gasteiger partial charge in [-0.2, -0.15) is 12.6 Å². The number of carbonyl (C=O) groups excluding carboxylic acids is 1. The summed E-state index contributed by atoms with van der Waals surface area (Å²) < 4.78 is 33.8. The van der Waals surface area contributed by atoms with Crippen molar-refractivity contribution in [1.82, 2.24) is 0 Å². The molecule has 3 saturated heterocycles. The van der Waals surface area contributed by atoms with Gasteiger partial charge in [0.05, 0.1) is 37.9 Å². The van der Waals surface area contributed by atoms with Gasteiger partial charge in [-0.3, -0.25) is 4.79 Å². The minimum atomic E-state index is -1.53. The number of rotatable bonds is 16. The van der Waals surface area contributed by atoms with Crippen LogP contribution in [0.4, 0.5) is 0 Å². The zero-order valence-corrected chi connectivity index (χ0v) is 25.3. The van der Waals surface area contributed by atoms with Crippen LogP contribution < -0.4 is 17.2 Å². The van der Waals surface area contributed by atoms with Gasteiger partial charge in [0.2, 0.25) is 0 Å². The Bertz CT molecular complexity index is 867. The SMILES string of the molecule is NC1C(OCC2OC(OCC3OC(OCCCCC(=O)CCCS)C(N)C(O)C3O)C(N)C(O)C2O)OC(CO)C(O)C1O. The largest absolute Gasteiger partial charge is 0.394 e. The molecule has 3 aliphatic rings. The summed E-state index contributed by atoms with van der Waals surface area (Å²) in [5, 5.41) is 71.5. The van der Waals surface area contributed by atoms with E-state index in [2.05, 4.69) is 12.6 Å². The predicted octanol–water partition coefficient (Wildman–Crippen LogP) is -5.20. The van der Waals surface area contributed by atoms with E-state index in [4.69, 9.17) is 45.6 Å². The average Bonchev–Trinajstić information content (AvgIpc) is 3.01. The number of hydrogen-bond donors (Lipinski definition) is 11. The molecular weight excluding hydrogens is 610 g/mol. The van der Waals surface area contributed by atoms with Crippen LogP contribution >= 0.6 is 12.6 Å². The molecule has 44 heavy (non-hydrogen) atoms. The van der Waals surface area contributed by atoms with Crippen molar-refractivity contribution in [1.29, 1.82) is 0 Å². The minimum absolute atomic E-state index is 0.148. The Balaban J connectivity index is 1.51. The lowest BCUT2D eigenvalue weighted by Gasteiger charge is -2.44. The van der Waals surface area contributed by atoms with Crippen molar-refractivity contribution in [3.8, 4) is 0 Å². The molecule has 0 radical (unpaired) electrons. The monoisotopic (exact) mass is 659 g/mol. The molecule has 3 rings (SSSR count). The minimum Gasteiger partial charge on any atom is -0.394 e. The third kappa shape index (κ3) is 9.71. The lowest BCUT2D eigenvalue weighted by molar-refractivity contribution is -0.312. The van der Waals surface area contributed by atoms with Gasteiger partial charge in [0, 0.05) is 19.4 Å². The molecule has 3 heterocycles. The number of aliphatic hydroxyl groups is 7. The molecule has 18 heteroatoms. The summed E-state index contributed by atoms with van der Waals surface area (Å²) in [5.41, 5.74) is 17.9. The summed E-state index contributed by atoms with van der Waals surface area (Å²) in [7, 11) is 0. The van der Waals surface area contributed by atoms with Crippen molar-refractivity contribution < 1.29 is 69.0 Å². The maximum absolute atomic E-state index is 11.8. The average molecular weight is 660 g/mol. The third-order valence-corrected chi connectivity index (χ3v) is 8.34. The summed E-state index contributed by atoms with van der Waals surface area (Å²) in [4.78, 5) is 11.8. The van der Waals surface area contributed by atoms with Gasteiger partial charge < -0.3 is 81.4 Å². The molecule has 17 nitrogen and oxygen atoms in total. The van der Waals surface area contributed by atoms with Crippen LogP contribution in [0.2, 0.25) is 0 Å². The number of nitrogens with two attached hydrogens (primary N) is 3. The Hall–Kier alpha value is -0.620. The highest BCUT2D eigenvalue weighted by atomic mass is 32.1. The van der Waals surface area contributed by atoms with Crippen LogP contribution in [-0.4, -0.2) is 166 Å². The second-order valence-corrected chi connectivity index (χ2v) is 11.8. The third-order valence-electron chi connectivity index (χ3n) is 8.02. The number of ether oxygens (including phenoxy) is 6. The lowest BCUT2D eigenvalue weighted by Crippen LogP contribution is -2.65. The Morgan fingerprint density at radius 1 is 0.614 bits per heavy atom. The maximum Gasteiger partial charge on any atom is 0.175 e. The first kappa shape index (κ1) is 37.8. The zero-order chi connectivity index (χ0) is 32.6. The predicted molar refractivity (Wildman–Crippen MR) is 153 cm³/mol. The van der Waals surface area contributed by atoms with E-state index in [-0.39, 0.29) is 19.0 Å². The molecule has 0 spiro atoms. The summed E-state index contributed by atoms with van der Waals surface area (Å²) >= 11 is 4.10. The highest BCUT2D eigenvalue weighted by Crippen LogP contribution is 2.27. The van der Waals surface area contributed by atoms with E-state index in [9.17, 15) is 40.5 Å². The maximum atomic E-state index is 11.8. The van der Waals surface area contributed by atoms with Crippen LogP contribution in [0.5, 0.6) is 0 Å². The van der Waals surface area contributed by atoms with Gasteiger partial charge in [-0.15, -0.1) is 0 Å². The second-order valence-electron chi connectivity index (χ2n) is 11.3. The number of carbonyl (C=O) groups is 1. The van der Waals surface area contributed by atoms with Crippen molar-refractivity contribution in [2.45, 2.75) is 124 Å². The molecule has 15 atom stereocenters. The summed E-state index contributed by atoms with van der Waals surface area (Å²) in [6, 6.07) is -3.50. The fraction of sp³-hybridized carbons (Fsp3) is 0.962. The Morgan fingerprint density at radius 2 is 1.02 bits per heavy atom. The van der Waals surface area contributed by atoms with Crippen LogP contribution in [0.15, 0.2) is 0 Å². The quantitative estimate of drug-likeness (QED) is 0.0545. The van der Waals surface area contributed by atoms with Gasteiger partial charge in [0.25, 0.3) is 0 Å². The standard InChI is InChI=1S/C26H49N3O14S/c27-15-22(36)19(33)13(42-24(15)38-6-2-1-4-11(31)5-3-7-44)9-40-26-17(29)23(37)20(34)14(43-26)10-39-25-16(28)21(35)18(32)12(8-30)41-25/h12-26,30,32-37,44H,1-10,27-29H2. The van der Waals surface area contributed by atoms with Crippen molar-refractivity contribution in [3.63, 3.8) is 0 Å². The number of hydrogen-bond acceptors (Lipinski definition) is 18. The van der Waals surface area contributed by atoms with Crippen LogP contribution in [0.25, 0.3) is 0 Å². The first-order valence-electron chi connectivity index (χ1n) is 14.8. The molecule has 258 valence electrons. The van der Waals surface area contributed by atoms with E-state index in [1.807, 2.05) is 0 Å². The van der Waals surface area contributed by atoms with Crippen molar-refractivity contribution in [2.24, 2.45) is 17.2 Å². The van der Waals surface area contributed by atoms with E-state index in [0.717, 1.165) is 6.42 Å². The highest BCUT2D eigenvalue weighted by molar-refractivity contribution is 7.80. The molecule has 13 N–H and O–H groups in total. The fourth-order valence-electron chi connectivity index (χ4n) is 5.14. The Kier molecular flexibility index (Phi) is 15.5. The van der Waals surface area contributed by atoms with Gasteiger partial charge in [0.1, 0.15) is 60.7 Å². The van der Waals surface area contributed by atoms with E-state index in [0.29, 0.717) is 31.4 Å². The molecule has 0 aromatic heterocycles. The van der Waals surface area contributed by atoms with E-state index < -0.39 is 105 Å². The van der Waals surface area contributed by atoms with Gasteiger partial charge in [0.15, 0.2) is 18.9 Å². The first-order valence-corrected chi connectivity index (χ1v) is 15.4. The number of aliphatic hydroxyl groups excluding tert-OH is 7. The highest BCUT2D eigenvalue weighted by Gasteiger charge is 2.48. The molecule has 0 bridgehead atoms. The molecule has 0 saturated carbocycles. The normalized spacial score (nSPS) is 43.2. The molecule has 3 fully saturated rings. The fourth-order valence-corrected chi connectivity index (χ4v) is 5.30. The Labute approximate surface area is 260 Å². The summed E-state index contributed by atoms with van der Waals surface area (Å²) in [5.74, 6) is 0.798. The molecule has 3 aliphatic heterocycles. The molecule has 15 unspecified atom stereocenters. The first-order chi connectivity index (χ1) is 20.9. The smallest absolute Gasteiger partial charge is 0.175 e. The number of thiol groups is 1. The molecular formula is C26H49N3O14S. The van der Waals surface area contributed by atoms with Crippen LogP contribution in [0, 0.1) is 0 Å². The number of Topliss-reactive ketones (excluding diaryl/α,β-unsaturated/α-hetero) is 1. The number of ketones is 1. The lowest BCUT2D eigenvalue weighted by atomic mass is 9.96. The summed E-state index contributed by atoms with van der Waals surface area (Å²) in [6.45, 7) is -1.22. The Morgan fingerprint density at radius 3 is 1.48 bits per heavy atom. The topological polar surface area (TPSA) is 292 Å². The van der Waals surface area contributed by atoms with E-state index >= 15 is 0 Å². The van der Waals surface area contributed by atoms with Crippen molar-refractivity contribution in [3.05, 3.63) is 0 Å². The second kappa shape index (κ2) is 18.1. The molecule has 0 aliphatic carbocycles. The van der Waals surface area contributed by atoms with Gasteiger partial charge in [-0.05, 0) is 25.0 Å². The van der Waals surface area contributed by atoms with E-state index in [1.165, 1.54) is 0 Å². The van der Waals surface area contributed by atoms with Crippen molar-refractivity contribution in [2.75, 3.05) is 32.2 Å². The van der Waals surface area contributed by atoms with Crippen molar-refractivity contribution >= 4 is 18.4 Å². The van der Waals surface area contributed by atoms with E-state index in [1.54, 1.807) is 0 Å². The van der Waals surface area contributed by atoms with Gasteiger partial charge in [-0.25, -0.2) is 0 Å².